The van der Waals surface area contributed by atoms with Crippen molar-refractivity contribution in [3.05, 3.63) is 58.4 Å². The second-order valence-corrected chi connectivity index (χ2v) is 6.78. The first-order valence-electron chi connectivity index (χ1n) is 7.98. The Bertz CT molecular complexity index is 904. The molecule has 1 amide bonds. The van der Waals surface area contributed by atoms with Gasteiger partial charge >= 0.3 is 0 Å². The van der Waals surface area contributed by atoms with Crippen molar-refractivity contribution in [1.82, 2.24) is 20.0 Å². The van der Waals surface area contributed by atoms with Gasteiger partial charge in [-0.15, -0.1) is 0 Å². The minimum Gasteiger partial charge on any atom is -0.463 e. The van der Waals surface area contributed by atoms with Crippen molar-refractivity contribution in [2.75, 3.05) is 27.2 Å². The molecular weight excluding hydrogens is 375 g/mol. The summed E-state index contributed by atoms with van der Waals surface area (Å²) in [6, 6.07) is 10.3. The molecule has 0 atom stereocenters. The van der Waals surface area contributed by atoms with Crippen molar-refractivity contribution in [3.63, 3.8) is 0 Å². The summed E-state index contributed by atoms with van der Waals surface area (Å²) >= 11 is 12.1. The fourth-order valence-corrected chi connectivity index (χ4v) is 2.68. The predicted octanol–water partition coefficient (Wildman–Crippen LogP) is 3.73. The van der Waals surface area contributed by atoms with Gasteiger partial charge in [-0.2, -0.15) is 5.10 Å². The Morgan fingerprint density at radius 1 is 1.23 bits per heavy atom. The number of amides is 1. The number of halogens is 2. The fourth-order valence-electron chi connectivity index (χ4n) is 2.38. The number of hydrogen-bond acceptors (Lipinski definition) is 4. The number of aromatic nitrogens is 2. The van der Waals surface area contributed by atoms with E-state index >= 15 is 0 Å². The molecule has 1 aromatic carbocycles. The van der Waals surface area contributed by atoms with Crippen LogP contribution in [0.4, 0.5) is 0 Å². The molecule has 0 spiro atoms. The largest absolute Gasteiger partial charge is 0.463 e. The second kappa shape index (κ2) is 7.95. The van der Waals surface area contributed by atoms with Gasteiger partial charge in [0.15, 0.2) is 5.76 Å². The van der Waals surface area contributed by atoms with E-state index in [9.17, 15) is 4.79 Å². The number of hydrogen-bond donors (Lipinski definition) is 1. The average molecular weight is 393 g/mol. The lowest BCUT2D eigenvalue weighted by atomic mass is 10.2. The Hall–Kier alpha value is -2.28. The lowest BCUT2D eigenvalue weighted by Crippen LogP contribution is -2.32. The molecule has 0 aliphatic carbocycles. The van der Waals surface area contributed by atoms with Gasteiger partial charge in [-0.3, -0.25) is 4.79 Å². The van der Waals surface area contributed by atoms with Crippen LogP contribution in [0.1, 0.15) is 10.5 Å². The van der Waals surface area contributed by atoms with E-state index in [0.29, 0.717) is 39.4 Å². The van der Waals surface area contributed by atoms with Gasteiger partial charge in [-0.25, -0.2) is 4.68 Å². The highest BCUT2D eigenvalue weighted by atomic mass is 35.5. The highest BCUT2D eigenvalue weighted by molar-refractivity contribution is 6.42. The number of benzene rings is 1. The zero-order chi connectivity index (χ0) is 18.7. The van der Waals surface area contributed by atoms with E-state index in [1.807, 2.05) is 19.0 Å². The summed E-state index contributed by atoms with van der Waals surface area (Å²) in [4.78, 5) is 14.7. The molecule has 8 heteroatoms. The number of furan rings is 1. The lowest BCUT2D eigenvalue weighted by molar-refractivity contribution is 0.0943. The van der Waals surface area contributed by atoms with Crippen molar-refractivity contribution in [3.8, 4) is 17.1 Å². The summed E-state index contributed by atoms with van der Waals surface area (Å²) in [5.41, 5.74) is 1.57. The Kier molecular flexibility index (Phi) is 5.66. The highest BCUT2D eigenvalue weighted by Gasteiger charge is 2.19. The summed E-state index contributed by atoms with van der Waals surface area (Å²) in [6.07, 6.45) is 1.56. The van der Waals surface area contributed by atoms with Crippen LogP contribution in [0, 0.1) is 0 Å². The maximum Gasteiger partial charge on any atom is 0.270 e. The molecule has 0 saturated heterocycles. The average Bonchev–Trinajstić information content (AvgIpc) is 3.25. The van der Waals surface area contributed by atoms with E-state index in [4.69, 9.17) is 27.6 Å². The third-order valence-corrected chi connectivity index (χ3v) is 4.45. The van der Waals surface area contributed by atoms with Crippen molar-refractivity contribution in [2.24, 2.45) is 0 Å². The molecule has 0 fully saturated rings. The van der Waals surface area contributed by atoms with Crippen molar-refractivity contribution in [1.29, 1.82) is 0 Å². The molecule has 0 saturated carbocycles. The van der Waals surface area contributed by atoms with E-state index in [2.05, 4.69) is 10.4 Å². The highest BCUT2D eigenvalue weighted by Crippen LogP contribution is 2.27. The first-order chi connectivity index (χ1) is 12.5. The summed E-state index contributed by atoms with van der Waals surface area (Å²) in [5, 5.41) is 8.23. The van der Waals surface area contributed by atoms with Gasteiger partial charge in [0.2, 0.25) is 0 Å². The number of carbonyl (C=O) groups excluding carboxylic acids is 1. The maximum atomic E-state index is 12.7. The molecule has 0 aliphatic rings. The minimum absolute atomic E-state index is 0.233. The van der Waals surface area contributed by atoms with Crippen molar-refractivity contribution < 1.29 is 9.21 Å². The third kappa shape index (κ3) is 4.09. The first kappa shape index (κ1) is 18.5. The van der Waals surface area contributed by atoms with Crippen LogP contribution in [0.3, 0.4) is 0 Å². The Labute approximate surface area is 161 Å². The van der Waals surface area contributed by atoms with Crippen LogP contribution in [-0.2, 0) is 0 Å². The zero-order valence-corrected chi connectivity index (χ0v) is 15.9. The van der Waals surface area contributed by atoms with Gasteiger partial charge < -0.3 is 14.6 Å². The topological polar surface area (TPSA) is 63.3 Å². The maximum absolute atomic E-state index is 12.7. The van der Waals surface area contributed by atoms with Crippen LogP contribution in [0.25, 0.3) is 17.1 Å². The first-order valence-corrected chi connectivity index (χ1v) is 8.73. The number of nitrogens with zero attached hydrogens (tertiary/aromatic N) is 3. The van der Waals surface area contributed by atoms with Crippen LogP contribution in [-0.4, -0.2) is 47.8 Å². The summed E-state index contributed by atoms with van der Waals surface area (Å²) in [5.74, 6) is 0.342. The lowest BCUT2D eigenvalue weighted by Gasteiger charge is -2.11. The molecule has 136 valence electrons. The molecule has 0 unspecified atom stereocenters. The second-order valence-electron chi connectivity index (χ2n) is 5.96. The van der Waals surface area contributed by atoms with Gasteiger partial charge in [0.05, 0.1) is 22.0 Å². The molecule has 3 aromatic rings. The number of likely N-dealkylation sites (N-methyl/N-ethyl adjacent to an activating group) is 1. The van der Waals surface area contributed by atoms with E-state index in [-0.39, 0.29) is 5.91 Å². The van der Waals surface area contributed by atoms with Gasteiger partial charge in [-0.1, -0.05) is 23.2 Å². The number of nitrogens with one attached hydrogen (secondary N) is 1. The smallest absolute Gasteiger partial charge is 0.270 e. The monoisotopic (exact) mass is 392 g/mol. The fraction of sp³-hybridized carbons (Fsp3) is 0.222. The Morgan fingerprint density at radius 3 is 2.69 bits per heavy atom. The molecular formula is C18H18Cl2N4O2. The predicted molar refractivity (Wildman–Crippen MR) is 102 cm³/mol. The van der Waals surface area contributed by atoms with Gasteiger partial charge in [0.1, 0.15) is 11.4 Å². The summed E-state index contributed by atoms with van der Waals surface area (Å²) in [7, 11) is 3.89. The summed E-state index contributed by atoms with van der Waals surface area (Å²) < 4.78 is 6.93. The Balaban J connectivity index is 1.98. The van der Waals surface area contributed by atoms with Crippen molar-refractivity contribution in [2.45, 2.75) is 0 Å². The standard InChI is InChI=1S/C18H18Cl2N4O2/c1-23(2)8-7-21-18(25)16-11-15(17-4-3-9-26-17)22-24(16)12-5-6-13(19)14(20)10-12/h3-6,9-11H,7-8H2,1-2H3,(H,21,25). The summed E-state index contributed by atoms with van der Waals surface area (Å²) in [6.45, 7) is 1.26. The minimum atomic E-state index is -0.233. The van der Waals surface area contributed by atoms with Gasteiger partial charge in [0, 0.05) is 19.2 Å². The molecule has 3 rings (SSSR count). The van der Waals surface area contributed by atoms with Crippen LogP contribution in [0.15, 0.2) is 47.1 Å². The van der Waals surface area contributed by atoms with Crippen LogP contribution in [0.5, 0.6) is 0 Å². The molecule has 0 radical (unpaired) electrons. The Morgan fingerprint density at radius 2 is 2.04 bits per heavy atom. The van der Waals surface area contributed by atoms with E-state index in [1.54, 1.807) is 42.7 Å². The molecule has 0 aliphatic heterocycles. The molecule has 0 bridgehead atoms. The number of rotatable bonds is 6. The van der Waals surface area contributed by atoms with Crippen LogP contribution < -0.4 is 5.32 Å². The molecule has 2 heterocycles. The van der Waals surface area contributed by atoms with Crippen molar-refractivity contribution >= 4 is 29.1 Å². The molecule has 2 aromatic heterocycles. The van der Waals surface area contributed by atoms with Crippen LogP contribution in [0.2, 0.25) is 10.0 Å². The molecule has 1 N–H and O–H groups in total. The van der Waals surface area contributed by atoms with E-state index < -0.39 is 0 Å². The van der Waals surface area contributed by atoms with Crippen LogP contribution >= 0.6 is 23.2 Å². The molecule has 26 heavy (non-hydrogen) atoms. The normalized spacial score (nSPS) is 11.1. The zero-order valence-electron chi connectivity index (χ0n) is 14.4. The van der Waals surface area contributed by atoms with E-state index in [1.165, 1.54) is 4.68 Å². The quantitative estimate of drug-likeness (QED) is 0.693. The third-order valence-electron chi connectivity index (χ3n) is 3.71. The SMILES string of the molecule is CN(C)CCNC(=O)c1cc(-c2ccco2)nn1-c1ccc(Cl)c(Cl)c1. The van der Waals surface area contributed by atoms with E-state index in [0.717, 1.165) is 6.54 Å². The number of carbonyl (C=O) groups is 1. The molecule has 6 nitrogen and oxygen atoms in total. The van der Waals surface area contributed by atoms with Gasteiger partial charge in [-0.05, 0) is 44.4 Å². The van der Waals surface area contributed by atoms with Gasteiger partial charge in [0.25, 0.3) is 5.91 Å².